The van der Waals surface area contributed by atoms with Crippen LogP contribution in [0.2, 0.25) is 0 Å². The van der Waals surface area contributed by atoms with Gasteiger partial charge in [0.25, 0.3) is 0 Å². The molecule has 0 atom stereocenters. The molecule has 19 heavy (non-hydrogen) atoms. The van der Waals surface area contributed by atoms with Crippen molar-refractivity contribution < 1.29 is 9.84 Å². The summed E-state index contributed by atoms with van der Waals surface area (Å²) in [5.41, 5.74) is 2.91. The molecule has 2 aromatic rings. The quantitative estimate of drug-likeness (QED) is 0.879. The Morgan fingerprint density at radius 3 is 2.53 bits per heavy atom. The highest BCUT2D eigenvalue weighted by molar-refractivity contribution is 5.59. The van der Waals surface area contributed by atoms with Crippen LogP contribution in [-0.4, -0.2) is 5.11 Å². The fourth-order valence-electron chi connectivity index (χ4n) is 1.95. The number of aliphatic hydroxyl groups is 1. The lowest BCUT2D eigenvalue weighted by Crippen LogP contribution is -2.00. The van der Waals surface area contributed by atoms with Crippen LogP contribution in [0.15, 0.2) is 54.6 Å². The zero-order chi connectivity index (χ0) is 13.5. The standard InChI is InChI=1S/C17H18O2/c1-2-7-15-10-6-11-16(12-18)17(15)19-13-14-8-4-3-5-9-14/h2-11,18H,12-13H2,1H3. The van der Waals surface area contributed by atoms with E-state index in [9.17, 15) is 5.11 Å². The molecule has 2 rings (SSSR count). The van der Waals surface area contributed by atoms with Crippen LogP contribution in [0, 0.1) is 0 Å². The molecule has 0 unspecified atom stereocenters. The van der Waals surface area contributed by atoms with Gasteiger partial charge in [0.05, 0.1) is 6.61 Å². The highest BCUT2D eigenvalue weighted by Gasteiger charge is 2.07. The van der Waals surface area contributed by atoms with Crippen molar-refractivity contribution in [1.29, 1.82) is 0 Å². The molecular weight excluding hydrogens is 236 g/mol. The minimum Gasteiger partial charge on any atom is -0.488 e. The summed E-state index contributed by atoms with van der Waals surface area (Å²) in [5, 5.41) is 9.40. The van der Waals surface area contributed by atoms with E-state index >= 15 is 0 Å². The van der Waals surface area contributed by atoms with Crippen molar-refractivity contribution in [3.8, 4) is 5.75 Å². The molecule has 0 spiro atoms. The fourth-order valence-corrected chi connectivity index (χ4v) is 1.95. The Balaban J connectivity index is 2.22. The zero-order valence-electron chi connectivity index (χ0n) is 11.0. The Morgan fingerprint density at radius 1 is 1.05 bits per heavy atom. The summed E-state index contributed by atoms with van der Waals surface area (Å²) in [6.07, 6.45) is 3.95. The van der Waals surface area contributed by atoms with Crippen LogP contribution in [-0.2, 0) is 13.2 Å². The number of para-hydroxylation sites is 1. The molecule has 0 bridgehead atoms. The summed E-state index contributed by atoms with van der Waals surface area (Å²) in [5.74, 6) is 0.756. The van der Waals surface area contributed by atoms with E-state index in [2.05, 4.69) is 0 Å². The molecule has 2 heteroatoms. The molecule has 0 aliphatic carbocycles. The van der Waals surface area contributed by atoms with Gasteiger partial charge in [-0.15, -0.1) is 0 Å². The third kappa shape index (κ3) is 3.46. The van der Waals surface area contributed by atoms with Crippen LogP contribution in [0.3, 0.4) is 0 Å². The van der Waals surface area contributed by atoms with Gasteiger partial charge in [-0.2, -0.15) is 0 Å². The van der Waals surface area contributed by atoms with Gasteiger partial charge >= 0.3 is 0 Å². The summed E-state index contributed by atoms with van der Waals surface area (Å²) >= 11 is 0. The van der Waals surface area contributed by atoms with Crippen molar-refractivity contribution in [2.24, 2.45) is 0 Å². The molecule has 0 heterocycles. The summed E-state index contributed by atoms with van der Waals surface area (Å²) in [6, 6.07) is 15.8. The van der Waals surface area contributed by atoms with E-state index in [0.29, 0.717) is 6.61 Å². The Kier molecular flexibility index (Phi) is 4.76. The van der Waals surface area contributed by atoms with E-state index < -0.39 is 0 Å². The minimum absolute atomic E-state index is 0.0183. The summed E-state index contributed by atoms with van der Waals surface area (Å²) in [4.78, 5) is 0. The highest BCUT2D eigenvalue weighted by Crippen LogP contribution is 2.26. The van der Waals surface area contributed by atoms with Crippen molar-refractivity contribution in [3.05, 3.63) is 71.3 Å². The summed E-state index contributed by atoms with van der Waals surface area (Å²) in [7, 11) is 0. The van der Waals surface area contributed by atoms with E-state index in [1.54, 1.807) is 0 Å². The zero-order valence-corrected chi connectivity index (χ0v) is 11.0. The van der Waals surface area contributed by atoms with Crippen LogP contribution in [0.25, 0.3) is 6.08 Å². The molecule has 0 aromatic heterocycles. The lowest BCUT2D eigenvalue weighted by molar-refractivity contribution is 0.258. The first-order valence-electron chi connectivity index (χ1n) is 6.37. The van der Waals surface area contributed by atoms with Crippen molar-refractivity contribution in [2.45, 2.75) is 20.1 Å². The lowest BCUT2D eigenvalue weighted by atomic mass is 10.1. The molecule has 0 saturated carbocycles. The maximum absolute atomic E-state index is 9.40. The molecule has 2 aromatic carbocycles. The van der Waals surface area contributed by atoms with Gasteiger partial charge in [0.1, 0.15) is 12.4 Å². The smallest absolute Gasteiger partial charge is 0.132 e. The first-order chi connectivity index (χ1) is 9.35. The molecule has 0 aliphatic heterocycles. The van der Waals surface area contributed by atoms with Crippen LogP contribution in [0.1, 0.15) is 23.6 Å². The van der Waals surface area contributed by atoms with Crippen molar-refractivity contribution in [3.63, 3.8) is 0 Å². The molecule has 98 valence electrons. The first kappa shape index (κ1) is 13.4. The molecule has 2 nitrogen and oxygen atoms in total. The fraction of sp³-hybridized carbons (Fsp3) is 0.176. The van der Waals surface area contributed by atoms with E-state index in [1.165, 1.54) is 0 Å². The van der Waals surface area contributed by atoms with E-state index in [4.69, 9.17) is 4.74 Å². The average Bonchev–Trinajstić information content (AvgIpc) is 2.47. The third-order valence-electron chi connectivity index (χ3n) is 2.87. The van der Waals surface area contributed by atoms with Crippen LogP contribution < -0.4 is 4.74 Å². The van der Waals surface area contributed by atoms with Gasteiger partial charge < -0.3 is 9.84 Å². The van der Waals surface area contributed by atoms with Crippen molar-refractivity contribution >= 4 is 6.08 Å². The number of hydrogen-bond donors (Lipinski definition) is 1. The molecule has 1 N–H and O–H groups in total. The Bertz CT molecular complexity index is 544. The highest BCUT2D eigenvalue weighted by atomic mass is 16.5. The monoisotopic (exact) mass is 254 g/mol. The number of hydrogen-bond acceptors (Lipinski definition) is 2. The third-order valence-corrected chi connectivity index (χ3v) is 2.87. The van der Waals surface area contributed by atoms with Gasteiger partial charge in [0, 0.05) is 11.1 Å². The first-order valence-corrected chi connectivity index (χ1v) is 6.37. The van der Waals surface area contributed by atoms with Crippen LogP contribution in [0.4, 0.5) is 0 Å². The Hall–Kier alpha value is -2.06. The molecule has 0 saturated heterocycles. The van der Waals surface area contributed by atoms with E-state index in [1.807, 2.05) is 67.6 Å². The second-order valence-corrected chi connectivity index (χ2v) is 4.27. The molecule has 0 fully saturated rings. The Morgan fingerprint density at radius 2 is 1.84 bits per heavy atom. The number of aliphatic hydroxyl groups excluding tert-OH is 1. The molecule has 0 aliphatic rings. The van der Waals surface area contributed by atoms with Gasteiger partial charge in [-0.25, -0.2) is 0 Å². The van der Waals surface area contributed by atoms with Crippen LogP contribution in [0.5, 0.6) is 5.75 Å². The number of benzene rings is 2. The Labute approximate surface area is 114 Å². The maximum atomic E-state index is 9.40. The van der Waals surface area contributed by atoms with Gasteiger partial charge in [-0.05, 0) is 12.5 Å². The number of allylic oxidation sites excluding steroid dienone is 1. The topological polar surface area (TPSA) is 29.5 Å². The maximum Gasteiger partial charge on any atom is 0.132 e. The predicted molar refractivity (Wildman–Crippen MR) is 77.8 cm³/mol. The number of rotatable bonds is 5. The lowest BCUT2D eigenvalue weighted by Gasteiger charge is -2.13. The summed E-state index contributed by atoms with van der Waals surface area (Å²) in [6.45, 7) is 2.45. The van der Waals surface area contributed by atoms with Gasteiger partial charge in [-0.1, -0.05) is 60.7 Å². The molecule has 0 amide bonds. The summed E-state index contributed by atoms with van der Waals surface area (Å²) < 4.78 is 5.89. The predicted octanol–water partition coefficient (Wildman–Crippen LogP) is 3.79. The largest absolute Gasteiger partial charge is 0.488 e. The SMILES string of the molecule is CC=Cc1cccc(CO)c1OCc1ccccc1. The van der Waals surface area contributed by atoms with Crippen molar-refractivity contribution in [1.82, 2.24) is 0 Å². The van der Waals surface area contributed by atoms with Crippen molar-refractivity contribution in [2.75, 3.05) is 0 Å². The molecular formula is C17H18O2. The van der Waals surface area contributed by atoms with Gasteiger partial charge in [0.15, 0.2) is 0 Å². The minimum atomic E-state index is -0.0183. The average molecular weight is 254 g/mol. The number of ether oxygens (including phenoxy) is 1. The van der Waals surface area contributed by atoms with Gasteiger partial charge in [-0.3, -0.25) is 0 Å². The molecule has 0 radical (unpaired) electrons. The van der Waals surface area contributed by atoms with Crippen LogP contribution >= 0.6 is 0 Å². The normalized spacial score (nSPS) is 10.8. The van der Waals surface area contributed by atoms with E-state index in [-0.39, 0.29) is 6.61 Å². The second kappa shape index (κ2) is 6.76. The van der Waals surface area contributed by atoms with E-state index in [0.717, 1.165) is 22.4 Å². The second-order valence-electron chi connectivity index (χ2n) is 4.27. The van der Waals surface area contributed by atoms with Gasteiger partial charge in [0.2, 0.25) is 0 Å².